The van der Waals surface area contributed by atoms with Gasteiger partial charge in [-0.3, -0.25) is 9.89 Å². The van der Waals surface area contributed by atoms with E-state index in [9.17, 15) is 4.79 Å². The minimum Gasteiger partial charge on any atom is -0.497 e. The number of nitrogens with one attached hydrogen (secondary N) is 1. The van der Waals surface area contributed by atoms with E-state index in [-0.39, 0.29) is 12.5 Å². The Kier molecular flexibility index (Phi) is 5.36. The number of aromatic nitrogens is 2. The van der Waals surface area contributed by atoms with E-state index in [2.05, 4.69) is 10.2 Å². The fourth-order valence-corrected chi connectivity index (χ4v) is 3.08. The van der Waals surface area contributed by atoms with Crippen LogP contribution in [-0.4, -0.2) is 47.8 Å². The minimum absolute atomic E-state index is 0.0418. The number of methoxy groups -OCH3 is 1. The third-order valence-corrected chi connectivity index (χ3v) is 4.36. The van der Waals surface area contributed by atoms with Crippen LogP contribution in [-0.2, 0) is 11.2 Å². The van der Waals surface area contributed by atoms with Gasteiger partial charge in [0.05, 0.1) is 7.11 Å². The number of carbonyl (C=O) groups excluding carboxylic acids is 1. The SMILES string of the molecule is COc1ccc(OCC(=O)N2CCC[C@@H](Cc3ccn[nH]3)C2)cc1. The topological polar surface area (TPSA) is 67.5 Å². The zero-order chi connectivity index (χ0) is 16.8. The lowest BCUT2D eigenvalue weighted by atomic mass is 9.93. The van der Waals surface area contributed by atoms with E-state index < -0.39 is 0 Å². The molecule has 24 heavy (non-hydrogen) atoms. The summed E-state index contributed by atoms with van der Waals surface area (Å²) in [6.07, 6.45) is 4.88. The number of hydrogen-bond acceptors (Lipinski definition) is 4. The number of piperidine rings is 1. The molecule has 1 N–H and O–H groups in total. The van der Waals surface area contributed by atoms with Crippen molar-refractivity contribution in [2.24, 2.45) is 5.92 Å². The van der Waals surface area contributed by atoms with Crippen LogP contribution >= 0.6 is 0 Å². The number of amides is 1. The summed E-state index contributed by atoms with van der Waals surface area (Å²) in [5, 5.41) is 6.98. The molecule has 1 aromatic carbocycles. The maximum atomic E-state index is 12.4. The molecule has 0 aliphatic carbocycles. The molecular weight excluding hydrogens is 306 g/mol. The number of likely N-dealkylation sites (tertiary alicyclic amines) is 1. The largest absolute Gasteiger partial charge is 0.497 e. The summed E-state index contributed by atoms with van der Waals surface area (Å²) < 4.78 is 10.7. The third kappa shape index (κ3) is 4.28. The molecule has 1 aliphatic rings. The van der Waals surface area contributed by atoms with E-state index in [0.717, 1.165) is 43.8 Å². The summed E-state index contributed by atoms with van der Waals surface area (Å²) in [7, 11) is 1.62. The molecule has 128 valence electrons. The van der Waals surface area contributed by atoms with E-state index in [1.807, 2.05) is 35.2 Å². The van der Waals surface area contributed by atoms with Crippen molar-refractivity contribution >= 4 is 5.91 Å². The highest BCUT2D eigenvalue weighted by atomic mass is 16.5. The highest BCUT2D eigenvalue weighted by molar-refractivity contribution is 5.77. The fourth-order valence-electron chi connectivity index (χ4n) is 3.08. The molecule has 0 unspecified atom stereocenters. The number of benzene rings is 1. The summed E-state index contributed by atoms with van der Waals surface area (Å²) in [5.41, 5.74) is 1.13. The van der Waals surface area contributed by atoms with Gasteiger partial charge in [-0.2, -0.15) is 5.10 Å². The first-order valence-electron chi connectivity index (χ1n) is 8.27. The Morgan fingerprint density at radius 1 is 1.29 bits per heavy atom. The van der Waals surface area contributed by atoms with Gasteiger partial charge in [-0.15, -0.1) is 0 Å². The van der Waals surface area contributed by atoms with Crippen molar-refractivity contribution in [1.29, 1.82) is 0 Å². The van der Waals surface area contributed by atoms with E-state index in [1.165, 1.54) is 0 Å². The summed E-state index contributed by atoms with van der Waals surface area (Å²) in [5.74, 6) is 1.96. The number of nitrogens with zero attached hydrogens (tertiary/aromatic N) is 2. The molecule has 3 rings (SSSR count). The van der Waals surface area contributed by atoms with Gasteiger partial charge >= 0.3 is 0 Å². The molecule has 0 bridgehead atoms. The van der Waals surface area contributed by atoms with Crippen molar-refractivity contribution in [1.82, 2.24) is 15.1 Å². The van der Waals surface area contributed by atoms with E-state index in [4.69, 9.17) is 9.47 Å². The van der Waals surface area contributed by atoms with Crippen molar-refractivity contribution < 1.29 is 14.3 Å². The molecule has 2 heterocycles. The third-order valence-electron chi connectivity index (χ3n) is 4.36. The average Bonchev–Trinajstić information content (AvgIpc) is 3.13. The molecule has 1 fully saturated rings. The lowest BCUT2D eigenvalue weighted by molar-refractivity contribution is -0.135. The Morgan fingerprint density at radius 2 is 2.08 bits per heavy atom. The number of carbonyl (C=O) groups is 1. The summed E-state index contributed by atoms with van der Waals surface area (Å²) in [6.45, 7) is 1.66. The summed E-state index contributed by atoms with van der Waals surface area (Å²) >= 11 is 0. The first kappa shape index (κ1) is 16.4. The maximum absolute atomic E-state index is 12.4. The lowest BCUT2D eigenvalue weighted by Gasteiger charge is -2.32. The molecule has 1 saturated heterocycles. The number of rotatable bonds is 6. The van der Waals surface area contributed by atoms with Gasteiger partial charge in [-0.25, -0.2) is 0 Å². The number of aromatic amines is 1. The van der Waals surface area contributed by atoms with Crippen LogP contribution in [0.1, 0.15) is 18.5 Å². The number of ether oxygens (including phenoxy) is 2. The molecule has 2 aromatic rings. The Bertz CT molecular complexity index is 640. The van der Waals surface area contributed by atoms with Gasteiger partial charge in [-0.05, 0) is 55.5 Å². The van der Waals surface area contributed by atoms with E-state index in [1.54, 1.807) is 13.3 Å². The highest BCUT2D eigenvalue weighted by Gasteiger charge is 2.24. The van der Waals surface area contributed by atoms with Gasteiger partial charge in [0.15, 0.2) is 6.61 Å². The number of hydrogen-bond donors (Lipinski definition) is 1. The second-order valence-electron chi connectivity index (χ2n) is 6.10. The maximum Gasteiger partial charge on any atom is 0.260 e. The average molecular weight is 329 g/mol. The molecule has 1 amide bonds. The predicted octanol–water partition coefficient (Wildman–Crippen LogP) is 2.28. The fraction of sp³-hybridized carbons (Fsp3) is 0.444. The normalized spacial score (nSPS) is 17.5. The minimum atomic E-state index is 0.0418. The van der Waals surface area contributed by atoms with Crippen molar-refractivity contribution in [3.05, 3.63) is 42.2 Å². The molecule has 1 aromatic heterocycles. The van der Waals surface area contributed by atoms with E-state index in [0.29, 0.717) is 11.7 Å². The van der Waals surface area contributed by atoms with Crippen LogP contribution in [0, 0.1) is 5.92 Å². The molecule has 6 nitrogen and oxygen atoms in total. The van der Waals surface area contributed by atoms with E-state index >= 15 is 0 Å². The highest BCUT2D eigenvalue weighted by Crippen LogP contribution is 2.21. The molecule has 1 aliphatic heterocycles. The van der Waals surface area contributed by atoms with Crippen molar-refractivity contribution in [2.75, 3.05) is 26.8 Å². The molecule has 0 spiro atoms. The van der Waals surface area contributed by atoms with Gasteiger partial charge in [0.2, 0.25) is 0 Å². The van der Waals surface area contributed by atoms with Gasteiger partial charge in [0.1, 0.15) is 11.5 Å². The zero-order valence-electron chi connectivity index (χ0n) is 13.9. The van der Waals surface area contributed by atoms with Crippen LogP contribution < -0.4 is 9.47 Å². The Hall–Kier alpha value is -2.50. The van der Waals surface area contributed by atoms with Crippen LogP contribution in [0.4, 0.5) is 0 Å². The van der Waals surface area contributed by atoms with Crippen LogP contribution in [0.3, 0.4) is 0 Å². The smallest absolute Gasteiger partial charge is 0.260 e. The van der Waals surface area contributed by atoms with Gasteiger partial charge < -0.3 is 14.4 Å². The van der Waals surface area contributed by atoms with Crippen molar-refractivity contribution in [3.8, 4) is 11.5 Å². The van der Waals surface area contributed by atoms with Gasteiger partial charge in [0.25, 0.3) is 5.91 Å². The zero-order valence-corrected chi connectivity index (χ0v) is 13.9. The van der Waals surface area contributed by atoms with Crippen LogP contribution in [0.15, 0.2) is 36.5 Å². The van der Waals surface area contributed by atoms with Crippen LogP contribution in [0.2, 0.25) is 0 Å². The Morgan fingerprint density at radius 3 is 2.79 bits per heavy atom. The first-order valence-corrected chi connectivity index (χ1v) is 8.27. The van der Waals surface area contributed by atoms with Crippen molar-refractivity contribution in [2.45, 2.75) is 19.3 Å². The number of H-pyrrole nitrogens is 1. The molecule has 0 saturated carbocycles. The molecule has 6 heteroatoms. The second-order valence-corrected chi connectivity index (χ2v) is 6.10. The van der Waals surface area contributed by atoms with Crippen LogP contribution in [0.5, 0.6) is 11.5 Å². The molecule has 0 radical (unpaired) electrons. The lowest BCUT2D eigenvalue weighted by Crippen LogP contribution is -2.42. The second kappa shape index (κ2) is 7.86. The Balaban J connectivity index is 1.48. The molecule has 1 atom stereocenters. The standard InChI is InChI=1S/C18H23N3O3/c1-23-16-4-6-17(7-5-16)24-13-18(22)21-10-2-3-14(12-21)11-15-8-9-19-20-15/h4-9,14H,2-3,10-13H2,1H3,(H,19,20)/t14-/m0/s1. The quantitative estimate of drug-likeness (QED) is 0.883. The predicted molar refractivity (Wildman–Crippen MR) is 90.1 cm³/mol. The van der Waals surface area contributed by atoms with Crippen molar-refractivity contribution in [3.63, 3.8) is 0 Å². The van der Waals surface area contributed by atoms with Crippen LogP contribution in [0.25, 0.3) is 0 Å². The molecular formula is C18H23N3O3. The summed E-state index contributed by atoms with van der Waals surface area (Å²) in [4.78, 5) is 14.3. The van der Waals surface area contributed by atoms with Gasteiger partial charge in [-0.1, -0.05) is 0 Å². The first-order chi connectivity index (χ1) is 11.7. The Labute approximate surface area is 141 Å². The van der Waals surface area contributed by atoms with Gasteiger partial charge in [0, 0.05) is 25.0 Å². The summed E-state index contributed by atoms with van der Waals surface area (Å²) in [6, 6.07) is 9.25. The monoisotopic (exact) mass is 329 g/mol.